The van der Waals surface area contributed by atoms with Gasteiger partial charge in [-0.3, -0.25) is 4.79 Å². The number of nitrogens with one attached hydrogen (secondary N) is 2. The van der Waals surface area contributed by atoms with Crippen molar-refractivity contribution in [2.45, 2.75) is 57.2 Å². The summed E-state index contributed by atoms with van der Waals surface area (Å²) in [5, 5.41) is 5.10. The minimum absolute atomic E-state index is 0.00734. The van der Waals surface area contributed by atoms with Crippen LogP contribution < -0.4 is 16.4 Å². The maximum atomic E-state index is 13.8. The molecule has 6 nitrogen and oxygen atoms in total. The number of carbonyl (C=O) groups is 2. The highest BCUT2D eigenvalue weighted by molar-refractivity contribution is 5.95. The van der Waals surface area contributed by atoms with Crippen molar-refractivity contribution in [1.82, 2.24) is 15.5 Å². The summed E-state index contributed by atoms with van der Waals surface area (Å²) in [5.74, 6) is -1.18. The molecule has 2 atom stereocenters. The van der Waals surface area contributed by atoms with E-state index in [1.54, 1.807) is 13.0 Å². The van der Waals surface area contributed by atoms with Crippen molar-refractivity contribution in [3.8, 4) is 0 Å². The van der Waals surface area contributed by atoms with E-state index in [0.29, 0.717) is 41.8 Å². The second kappa shape index (κ2) is 12.5. The van der Waals surface area contributed by atoms with Crippen LogP contribution in [0.4, 0.5) is 41.2 Å². The lowest BCUT2D eigenvalue weighted by Crippen LogP contribution is -2.54. The molecule has 230 valence electrons. The van der Waals surface area contributed by atoms with Crippen LogP contribution in [0.15, 0.2) is 60.7 Å². The van der Waals surface area contributed by atoms with E-state index in [4.69, 9.17) is 5.73 Å². The van der Waals surface area contributed by atoms with Gasteiger partial charge >= 0.3 is 18.4 Å². The van der Waals surface area contributed by atoms with Gasteiger partial charge in [0.1, 0.15) is 12.0 Å². The summed E-state index contributed by atoms with van der Waals surface area (Å²) in [6.07, 6.45) is -10.2. The Bertz CT molecular complexity index is 1440. The van der Waals surface area contributed by atoms with Crippen LogP contribution >= 0.6 is 0 Å². The first-order chi connectivity index (χ1) is 20.1. The van der Waals surface area contributed by atoms with Crippen molar-refractivity contribution in [2.24, 2.45) is 0 Å². The third kappa shape index (κ3) is 7.96. The Hall–Kier alpha value is -4.29. The molecule has 0 aromatic heterocycles. The summed E-state index contributed by atoms with van der Waals surface area (Å²) in [6, 6.07) is 9.77. The maximum absolute atomic E-state index is 13.8. The van der Waals surface area contributed by atoms with Crippen LogP contribution in [0.3, 0.4) is 0 Å². The number of carbonyl (C=O) groups excluding carboxylic acids is 2. The number of urea groups is 1. The van der Waals surface area contributed by atoms with E-state index in [-0.39, 0.29) is 18.2 Å². The van der Waals surface area contributed by atoms with Crippen molar-refractivity contribution < 1.29 is 40.3 Å². The van der Waals surface area contributed by atoms with Gasteiger partial charge in [0.15, 0.2) is 0 Å². The SMILES string of the molecule is Cc1cc(F)ccc1C1CCCCN1C(=O)NC(Cc1cc(C(F)(F)F)cc(C(F)(F)F)c1)NC(=O)c1ccc(N)cc1. The first-order valence-corrected chi connectivity index (χ1v) is 13.4. The quantitative estimate of drug-likeness (QED) is 0.160. The van der Waals surface area contributed by atoms with E-state index < -0.39 is 65.4 Å². The van der Waals surface area contributed by atoms with Gasteiger partial charge in [-0.25, -0.2) is 9.18 Å². The largest absolute Gasteiger partial charge is 0.416 e. The molecule has 3 aromatic carbocycles. The van der Waals surface area contributed by atoms with Crippen LogP contribution in [0.5, 0.6) is 0 Å². The first kappa shape index (κ1) is 31.6. The van der Waals surface area contributed by atoms with Crippen molar-refractivity contribution in [1.29, 1.82) is 0 Å². The fourth-order valence-electron chi connectivity index (χ4n) is 5.13. The molecule has 3 aromatic rings. The minimum atomic E-state index is -5.07. The molecule has 43 heavy (non-hydrogen) atoms. The zero-order valence-electron chi connectivity index (χ0n) is 23.0. The topological polar surface area (TPSA) is 87.5 Å². The molecule has 3 amide bonds. The smallest absolute Gasteiger partial charge is 0.399 e. The van der Waals surface area contributed by atoms with E-state index in [0.717, 1.165) is 6.42 Å². The Morgan fingerprint density at radius 2 is 1.53 bits per heavy atom. The molecule has 13 heteroatoms. The van der Waals surface area contributed by atoms with Crippen molar-refractivity contribution in [2.75, 3.05) is 12.3 Å². The number of halogens is 7. The highest BCUT2D eigenvalue weighted by atomic mass is 19.4. The number of hydrogen-bond donors (Lipinski definition) is 3. The molecule has 0 aliphatic carbocycles. The summed E-state index contributed by atoms with van der Waals surface area (Å²) in [6.45, 7) is 1.98. The van der Waals surface area contributed by atoms with Gasteiger partial charge in [0, 0.05) is 24.2 Å². The fraction of sp³-hybridized carbons (Fsp3) is 0.333. The molecular weight excluding hydrogens is 581 g/mol. The fourth-order valence-corrected chi connectivity index (χ4v) is 5.13. The van der Waals surface area contributed by atoms with Gasteiger partial charge < -0.3 is 21.3 Å². The predicted molar refractivity (Wildman–Crippen MR) is 145 cm³/mol. The van der Waals surface area contributed by atoms with Crippen molar-refractivity contribution in [3.05, 3.63) is 99.9 Å². The van der Waals surface area contributed by atoms with Gasteiger partial charge in [-0.2, -0.15) is 26.3 Å². The number of anilines is 1. The number of likely N-dealkylation sites (tertiary alicyclic amines) is 1. The van der Waals surface area contributed by atoms with E-state index in [1.807, 2.05) is 0 Å². The Kier molecular flexibility index (Phi) is 9.21. The van der Waals surface area contributed by atoms with Crippen LogP contribution in [-0.2, 0) is 18.8 Å². The van der Waals surface area contributed by atoms with Gasteiger partial charge in [-0.05, 0) is 97.5 Å². The molecule has 0 bridgehead atoms. The number of nitrogen functional groups attached to an aromatic ring is 1. The molecule has 0 radical (unpaired) electrons. The molecular formula is C30H29F7N4O2. The van der Waals surface area contributed by atoms with Crippen LogP contribution in [0.1, 0.15) is 63.5 Å². The number of benzene rings is 3. The summed E-state index contributed by atoms with van der Waals surface area (Å²) in [7, 11) is 0. The van der Waals surface area contributed by atoms with Crippen LogP contribution in [0.2, 0.25) is 0 Å². The summed E-state index contributed by atoms with van der Waals surface area (Å²) in [4.78, 5) is 28.1. The number of rotatable bonds is 6. The van der Waals surface area contributed by atoms with Crippen molar-refractivity contribution in [3.63, 3.8) is 0 Å². The maximum Gasteiger partial charge on any atom is 0.416 e. The second-order valence-electron chi connectivity index (χ2n) is 10.4. The molecule has 1 saturated heterocycles. The number of hydrogen-bond acceptors (Lipinski definition) is 3. The van der Waals surface area contributed by atoms with Crippen molar-refractivity contribution >= 4 is 17.6 Å². The molecule has 1 fully saturated rings. The molecule has 4 N–H and O–H groups in total. The van der Waals surface area contributed by atoms with Gasteiger partial charge in [0.2, 0.25) is 0 Å². The van der Waals surface area contributed by atoms with Gasteiger partial charge in [-0.1, -0.05) is 6.07 Å². The Balaban J connectivity index is 1.66. The van der Waals surface area contributed by atoms with Crippen LogP contribution in [0, 0.1) is 12.7 Å². The van der Waals surface area contributed by atoms with E-state index in [1.165, 1.54) is 41.3 Å². The highest BCUT2D eigenvalue weighted by Crippen LogP contribution is 2.37. The molecule has 2 unspecified atom stereocenters. The van der Waals surface area contributed by atoms with E-state index >= 15 is 0 Å². The second-order valence-corrected chi connectivity index (χ2v) is 10.4. The first-order valence-electron chi connectivity index (χ1n) is 13.4. The third-order valence-electron chi connectivity index (χ3n) is 7.22. The number of aryl methyl sites for hydroxylation is 1. The predicted octanol–water partition coefficient (Wildman–Crippen LogP) is 6.99. The van der Waals surface area contributed by atoms with E-state index in [2.05, 4.69) is 10.6 Å². The number of nitrogens with two attached hydrogens (primary N) is 1. The summed E-state index contributed by atoms with van der Waals surface area (Å²) < 4.78 is 94.8. The Morgan fingerprint density at radius 3 is 2.12 bits per heavy atom. The molecule has 0 saturated carbocycles. The molecule has 4 rings (SSSR count). The van der Waals surface area contributed by atoms with E-state index in [9.17, 15) is 40.3 Å². The summed E-state index contributed by atoms with van der Waals surface area (Å²) >= 11 is 0. The number of amides is 3. The number of nitrogens with zero attached hydrogens (tertiary/aromatic N) is 1. The van der Waals surface area contributed by atoms with Crippen LogP contribution in [0.25, 0.3) is 0 Å². The third-order valence-corrected chi connectivity index (χ3v) is 7.22. The lowest BCUT2D eigenvalue weighted by atomic mass is 9.92. The normalized spacial score (nSPS) is 16.5. The number of piperidine rings is 1. The van der Waals surface area contributed by atoms with Crippen LogP contribution in [-0.4, -0.2) is 29.5 Å². The molecule has 1 aliphatic rings. The zero-order chi connectivity index (χ0) is 31.5. The molecule has 1 heterocycles. The highest BCUT2D eigenvalue weighted by Gasteiger charge is 2.37. The van der Waals surface area contributed by atoms with Gasteiger partial charge in [0.05, 0.1) is 17.2 Å². The minimum Gasteiger partial charge on any atom is -0.399 e. The molecule has 1 aliphatic heterocycles. The monoisotopic (exact) mass is 610 g/mol. The Labute approximate surface area is 243 Å². The zero-order valence-corrected chi connectivity index (χ0v) is 23.0. The molecule has 0 spiro atoms. The van der Waals surface area contributed by atoms with Gasteiger partial charge in [0.25, 0.3) is 5.91 Å². The lowest BCUT2D eigenvalue weighted by molar-refractivity contribution is -0.143. The standard InChI is InChI=1S/C30H29F7N4O2/c1-17-12-22(31)7-10-24(17)25-4-2-3-11-41(25)28(43)40-26(39-27(42)19-5-8-23(38)9-6-19)15-18-13-20(29(32,33)34)16-21(14-18)30(35,36)37/h5-10,12-14,16,25-26H,2-4,11,15,38H2,1H3,(H,39,42)(H,40,43). The Morgan fingerprint density at radius 1 is 0.907 bits per heavy atom. The average molecular weight is 611 g/mol. The van der Waals surface area contributed by atoms with Gasteiger partial charge in [-0.15, -0.1) is 0 Å². The average Bonchev–Trinajstić information content (AvgIpc) is 2.92. The lowest BCUT2D eigenvalue weighted by Gasteiger charge is -2.38. The number of alkyl halides is 6. The summed E-state index contributed by atoms with van der Waals surface area (Å²) in [5.41, 5.74) is 3.99.